The van der Waals surface area contributed by atoms with Gasteiger partial charge in [0.05, 0.1) is 0 Å². The lowest BCUT2D eigenvalue weighted by Gasteiger charge is -2.05. The van der Waals surface area contributed by atoms with E-state index in [4.69, 9.17) is 4.42 Å². The number of amides is 1. The van der Waals surface area contributed by atoms with Crippen LogP contribution in [0.15, 0.2) is 68.7 Å². The molecule has 1 amide bonds. The van der Waals surface area contributed by atoms with E-state index in [2.05, 4.69) is 10.3 Å². The van der Waals surface area contributed by atoms with Gasteiger partial charge in [-0.2, -0.15) is 0 Å². The molecule has 0 radical (unpaired) electrons. The first-order valence-corrected chi connectivity index (χ1v) is 9.99. The number of nitrogens with zero attached hydrogens (tertiary/aromatic N) is 1. The van der Waals surface area contributed by atoms with Crippen molar-refractivity contribution in [2.24, 2.45) is 0 Å². The number of aryl methyl sites for hydroxylation is 1. The number of fused-ring (bicyclic) bond motifs is 1. The number of furan rings is 1. The third kappa shape index (κ3) is 3.52. The largest absolute Gasteiger partial charge is 0.451 e. The van der Waals surface area contributed by atoms with Crippen molar-refractivity contribution in [3.63, 3.8) is 0 Å². The summed E-state index contributed by atoms with van der Waals surface area (Å²) in [6.07, 6.45) is 0. The number of para-hydroxylation sites is 2. The molecule has 0 fully saturated rings. The van der Waals surface area contributed by atoms with Gasteiger partial charge in [0.25, 0.3) is 5.91 Å². The zero-order valence-corrected chi connectivity index (χ0v) is 15.7. The van der Waals surface area contributed by atoms with Crippen LogP contribution in [0.4, 0.5) is 5.69 Å². The third-order valence-electron chi connectivity index (χ3n) is 3.87. The van der Waals surface area contributed by atoms with E-state index < -0.39 is 0 Å². The number of rotatable bonds is 5. The van der Waals surface area contributed by atoms with Crippen LogP contribution in [0.5, 0.6) is 0 Å². The molecule has 130 valence electrons. The number of carbonyl (C=O) groups is 1. The zero-order valence-electron chi connectivity index (χ0n) is 14.1. The molecule has 4 rings (SSSR count). The summed E-state index contributed by atoms with van der Waals surface area (Å²) in [4.78, 5) is 17.3. The number of aromatic nitrogens is 1. The normalized spacial score (nSPS) is 11.0. The van der Waals surface area contributed by atoms with E-state index in [1.807, 2.05) is 66.9 Å². The molecule has 0 unspecified atom stereocenters. The summed E-state index contributed by atoms with van der Waals surface area (Å²) in [5.74, 6) is 0.746. The molecule has 0 spiro atoms. The maximum atomic E-state index is 12.8. The molecule has 26 heavy (non-hydrogen) atoms. The Morgan fingerprint density at radius 1 is 1.15 bits per heavy atom. The molecular formula is C20H16N2O2S2. The first-order chi connectivity index (χ1) is 12.7. The van der Waals surface area contributed by atoms with Crippen LogP contribution in [0.3, 0.4) is 0 Å². The summed E-state index contributed by atoms with van der Waals surface area (Å²) in [5, 5.41) is 5.90. The molecule has 0 saturated carbocycles. The zero-order chi connectivity index (χ0) is 17.9. The molecule has 0 aliphatic rings. The lowest BCUT2D eigenvalue weighted by atomic mass is 10.1. The van der Waals surface area contributed by atoms with Crippen molar-refractivity contribution in [2.45, 2.75) is 17.0 Å². The van der Waals surface area contributed by atoms with Gasteiger partial charge < -0.3 is 9.73 Å². The molecular weight excluding hydrogens is 364 g/mol. The van der Waals surface area contributed by atoms with Gasteiger partial charge in [-0.3, -0.25) is 4.79 Å². The van der Waals surface area contributed by atoms with Gasteiger partial charge in [-0.15, -0.1) is 11.3 Å². The summed E-state index contributed by atoms with van der Waals surface area (Å²) in [6.45, 7) is 1.98. The Hall–Kier alpha value is -2.57. The lowest BCUT2D eigenvalue weighted by molar-refractivity contribution is 0.0998. The number of thiazole rings is 1. The van der Waals surface area contributed by atoms with Gasteiger partial charge in [0, 0.05) is 33.5 Å². The van der Waals surface area contributed by atoms with Crippen molar-refractivity contribution < 1.29 is 9.21 Å². The Bertz CT molecular complexity index is 1050. The minimum atomic E-state index is -0.238. The van der Waals surface area contributed by atoms with Crippen LogP contribution in [0, 0.1) is 6.92 Å². The van der Waals surface area contributed by atoms with Gasteiger partial charge in [-0.1, -0.05) is 48.2 Å². The van der Waals surface area contributed by atoms with E-state index >= 15 is 0 Å². The lowest BCUT2D eigenvalue weighted by Crippen LogP contribution is -2.12. The maximum absolute atomic E-state index is 12.8. The van der Waals surface area contributed by atoms with Crippen LogP contribution < -0.4 is 5.32 Å². The molecule has 2 heterocycles. The second-order valence-electron chi connectivity index (χ2n) is 5.77. The number of hydrogen-bond donors (Lipinski definition) is 1. The molecule has 0 aliphatic carbocycles. The van der Waals surface area contributed by atoms with Crippen LogP contribution in [0.25, 0.3) is 11.0 Å². The Balaban J connectivity index is 1.65. The number of anilines is 1. The van der Waals surface area contributed by atoms with Crippen LogP contribution in [0.1, 0.15) is 21.8 Å². The molecule has 2 aromatic heterocycles. The van der Waals surface area contributed by atoms with E-state index in [-0.39, 0.29) is 5.91 Å². The summed E-state index contributed by atoms with van der Waals surface area (Å²) in [6, 6.07) is 17.1. The van der Waals surface area contributed by atoms with Crippen molar-refractivity contribution in [2.75, 3.05) is 5.32 Å². The Kier molecular flexibility index (Phi) is 4.77. The van der Waals surface area contributed by atoms with Crippen LogP contribution in [-0.2, 0) is 5.75 Å². The SMILES string of the molecule is Cc1csc(SCc2c(C(=O)Nc3ccccc3)oc3ccccc23)n1. The fraction of sp³-hybridized carbons (Fsp3) is 0.100. The standard InChI is InChI=1S/C20H16N2O2S2/c1-13-11-25-20(21-13)26-12-16-15-9-5-6-10-17(15)24-18(16)19(23)22-14-7-3-2-4-8-14/h2-11H,12H2,1H3,(H,22,23). The number of carbonyl (C=O) groups excluding carboxylic acids is 1. The van der Waals surface area contributed by atoms with E-state index in [1.165, 1.54) is 0 Å². The number of nitrogens with one attached hydrogen (secondary N) is 1. The summed E-state index contributed by atoms with van der Waals surface area (Å²) in [7, 11) is 0. The molecule has 0 saturated heterocycles. The van der Waals surface area contributed by atoms with Crippen LogP contribution in [-0.4, -0.2) is 10.9 Å². The van der Waals surface area contributed by atoms with Gasteiger partial charge in [-0.25, -0.2) is 4.98 Å². The van der Waals surface area contributed by atoms with Crippen LogP contribution in [0.2, 0.25) is 0 Å². The average molecular weight is 380 g/mol. The average Bonchev–Trinajstić information content (AvgIpc) is 3.24. The number of hydrogen-bond acceptors (Lipinski definition) is 5. The highest BCUT2D eigenvalue weighted by molar-refractivity contribution is 8.00. The van der Waals surface area contributed by atoms with Crippen molar-refractivity contribution in [1.82, 2.24) is 4.98 Å². The molecule has 0 atom stereocenters. The molecule has 0 aliphatic heterocycles. The summed E-state index contributed by atoms with van der Waals surface area (Å²) >= 11 is 3.23. The molecule has 1 N–H and O–H groups in total. The minimum Gasteiger partial charge on any atom is -0.451 e. The topological polar surface area (TPSA) is 55.1 Å². The highest BCUT2D eigenvalue weighted by atomic mass is 32.2. The van der Waals surface area contributed by atoms with Gasteiger partial charge in [-0.05, 0) is 25.1 Å². The van der Waals surface area contributed by atoms with E-state index in [0.29, 0.717) is 11.5 Å². The van der Waals surface area contributed by atoms with Crippen LogP contribution >= 0.6 is 23.1 Å². The Labute approximate surface area is 159 Å². The van der Waals surface area contributed by atoms with Gasteiger partial charge >= 0.3 is 0 Å². The molecule has 6 heteroatoms. The summed E-state index contributed by atoms with van der Waals surface area (Å²) < 4.78 is 6.87. The first-order valence-electron chi connectivity index (χ1n) is 8.12. The van der Waals surface area contributed by atoms with Crippen molar-refractivity contribution in [3.05, 3.63) is 77.0 Å². The monoisotopic (exact) mass is 380 g/mol. The molecule has 2 aromatic carbocycles. The fourth-order valence-corrected chi connectivity index (χ4v) is 4.54. The third-order valence-corrected chi connectivity index (χ3v) is 6.04. The second-order valence-corrected chi connectivity index (χ2v) is 7.85. The molecule has 0 bridgehead atoms. The molecule has 4 aromatic rings. The maximum Gasteiger partial charge on any atom is 0.291 e. The van der Waals surface area contributed by atoms with E-state index in [0.717, 1.165) is 32.3 Å². The smallest absolute Gasteiger partial charge is 0.291 e. The Morgan fingerprint density at radius 3 is 2.69 bits per heavy atom. The first kappa shape index (κ1) is 16.9. The number of thioether (sulfide) groups is 1. The quantitative estimate of drug-likeness (QED) is 0.448. The Morgan fingerprint density at radius 2 is 1.92 bits per heavy atom. The second kappa shape index (κ2) is 7.35. The van der Waals surface area contributed by atoms with Crippen molar-refractivity contribution in [1.29, 1.82) is 0 Å². The van der Waals surface area contributed by atoms with Crippen molar-refractivity contribution in [3.8, 4) is 0 Å². The predicted molar refractivity (Wildman–Crippen MR) is 107 cm³/mol. The minimum absolute atomic E-state index is 0.238. The van der Waals surface area contributed by atoms with Gasteiger partial charge in [0.1, 0.15) is 9.92 Å². The predicted octanol–water partition coefficient (Wildman–Crippen LogP) is 5.74. The van der Waals surface area contributed by atoms with Gasteiger partial charge in [0.15, 0.2) is 5.76 Å². The summed E-state index contributed by atoms with van der Waals surface area (Å²) in [5.41, 5.74) is 3.37. The van der Waals surface area contributed by atoms with Crippen molar-refractivity contribution >= 4 is 45.7 Å². The van der Waals surface area contributed by atoms with Gasteiger partial charge in [0.2, 0.25) is 0 Å². The fourth-order valence-electron chi connectivity index (χ4n) is 2.67. The molecule has 4 nitrogen and oxygen atoms in total. The highest BCUT2D eigenvalue weighted by Crippen LogP contribution is 2.33. The number of benzene rings is 2. The van der Waals surface area contributed by atoms with E-state index in [9.17, 15) is 4.79 Å². The highest BCUT2D eigenvalue weighted by Gasteiger charge is 2.21. The van der Waals surface area contributed by atoms with E-state index in [1.54, 1.807) is 23.1 Å².